The molecule has 0 aromatic heterocycles. The first-order valence-electron chi connectivity index (χ1n) is 4.66. The summed E-state index contributed by atoms with van der Waals surface area (Å²) in [5.41, 5.74) is 9.78. The van der Waals surface area contributed by atoms with Crippen LogP contribution in [0.2, 0.25) is 0 Å². The summed E-state index contributed by atoms with van der Waals surface area (Å²) < 4.78 is 0. The quantitative estimate of drug-likeness (QED) is 0.675. The topological polar surface area (TPSA) is 50.7 Å². The van der Waals surface area contributed by atoms with Crippen LogP contribution in [-0.4, -0.2) is 6.04 Å². The van der Waals surface area contributed by atoms with Crippen molar-refractivity contribution in [2.75, 3.05) is 5.73 Å². The molecule has 0 saturated carbocycles. The molecule has 1 atom stereocenters. The molecule has 1 aliphatic heterocycles. The molecule has 0 amide bonds. The van der Waals surface area contributed by atoms with Gasteiger partial charge < -0.3 is 5.73 Å². The zero-order chi connectivity index (χ0) is 10.1. The number of benzene rings is 1. The van der Waals surface area contributed by atoms with Gasteiger partial charge in [-0.3, -0.25) is 0 Å². The van der Waals surface area contributed by atoms with Gasteiger partial charge in [-0.1, -0.05) is 12.1 Å². The highest BCUT2D eigenvalue weighted by Gasteiger charge is 2.18. The van der Waals surface area contributed by atoms with Crippen molar-refractivity contribution < 1.29 is 0 Å². The molecule has 1 unspecified atom stereocenters. The lowest BCUT2D eigenvalue weighted by molar-refractivity contribution is 0.904. The molecule has 3 nitrogen and oxygen atoms in total. The predicted octanol–water partition coefficient (Wildman–Crippen LogP) is 2.85. The Bertz CT molecular complexity index is 401. The molecule has 0 fully saturated rings. The van der Waals surface area contributed by atoms with Gasteiger partial charge in [0, 0.05) is 11.3 Å². The third-order valence-corrected chi connectivity index (χ3v) is 2.41. The molecular formula is C11H13N3. The minimum absolute atomic E-state index is 0.165. The van der Waals surface area contributed by atoms with Crippen molar-refractivity contribution in [2.24, 2.45) is 10.2 Å². The number of nitrogen functional groups attached to an aromatic ring is 1. The lowest BCUT2D eigenvalue weighted by Gasteiger charge is -2.07. The highest BCUT2D eigenvalue weighted by Crippen LogP contribution is 2.30. The molecule has 0 saturated heterocycles. The molecule has 1 aromatic rings. The van der Waals surface area contributed by atoms with E-state index in [0.717, 1.165) is 16.9 Å². The molecule has 0 radical (unpaired) electrons. The second-order valence-corrected chi connectivity index (χ2v) is 3.51. The number of nitrogens with zero attached hydrogens (tertiary/aromatic N) is 2. The molecule has 72 valence electrons. The Labute approximate surface area is 83.3 Å². The molecule has 2 rings (SSSR count). The molecule has 1 heterocycles. The van der Waals surface area contributed by atoms with E-state index in [1.165, 1.54) is 5.57 Å². The van der Waals surface area contributed by atoms with E-state index in [1.807, 2.05) is 38.1 Å². The number of hydrogen-bond donors (Lipinski definition) is 1. The Balaban J connectivity index is 2.41. The maximum Gasteiger partial charge on any atom is 0.0957 e. The number of rotatable bonds is 1. The van der Waals surface area contributed by atoms with Gasteiger partial charge in [0.15, 0.2) is 0 Å². The second-order valence-electron chi connectivity index (χ2n) is 3.51. The fraction of sp³-hybridized carbons (Fsp3) is 0.273. The molecule has 1 aromatic carbocycles. The summed E-state index contributed by atoms with van der Waals surface area (Å²) in [7, 11) is 0. The van der Waals surface area contributed by atoms with Crippen LogP contribution >= 0.6 is 0 Å². The molecule has 0 aliphatic carbocycles. The summed E-state index contributed by atoms with van der Waals surface area (Å²) in [6.45, 7) is 4.03. The molecule has 1 aliphatic rings. The Hall–Kier alpha value is -1.64. The van der Waals surface area contributed by atoms with E-state index in [1.54, 1.807) is 0 Å². The summed E-state index contributed by atoms with van der Waals surface area (Å²) in [6, 6.07) is 8.00. The summed E-state index contributed by atoms with van der Waals surface area (Å²) in [5, 5.41) is 8.19. The molecule has 14 heavy (non-hydrogen) atoms. The van der Waals surface area contributed by atoms with Gasteiger partial charge in [0.25, 0.3) is 0 Å². The zero-order valence-electron chi connectivity index (χ0n) is 8.36. The number of allylic oxidation sites excluding steroid dienone is 1. The van der Waals surface area contributed by atoms with Crippen molar-refractivity contribution in [1.29, 1.82) is 0 Å². The Kier molecular flexibility index (Phi) is 2.08. The van der Waals surface area contributed by atoms with E-state index in [2.05, 4.69) is 10.2 Å². The van der Waals surface area contributed by atoms with Crippen molar-refractivity contribution in [3.8, 4) is 0 Å². The standard InChI is InChI=1S/C11H13N3/c1-7-11(8(2)14-13-7)9-3-5-10(12)6-4-9/h3-7H,12H2,1-2H3. The Morgan fingerprint density at radius 3 is 2.36 bits per heavy atom. The maximum absolute atomic E-state index is 5.63. The van der Waals surface area contributed by atoms with E-state index in [-0.39, 0.29) is 6.04 Å². The van der Waals surface area contributed by atoms with Crippen LogP contribution in [0.5, 0.6) is 0 Å². The van der Waals surface area contributed by atoms with Gasteiger partial charge in [-0.05, 0) is 31.5 Å². The Morgan fingerprint density at radius 1 is 1.21 bits per heavy atom. The van der Waals surface area contributed by atoms with E-state index in [9.17, 15) is 0 Å². The number of anilines is 1. The van der Waals surface area contributed by atoms with Crippen molar-refractivity contribution >= 4 is 11.3 Å². The lowest BCUT2D eigenvalue weighted by Crippen LogP contribution is -1.99. The van der Waals surface area contributed by atoms with E-state index < -0.39 is 0 Å². The Morgan fingerprint density at radius 2 is 1.86 bits per heavy atom. The molecule has 3 heteroatoms. The first-order valence-corrected chi connectivity index (χ1v) is 4.66. The van der Waals surface area contributed by atoms with Crippen molar-refractivity contribution in [2.45, 2.75) is 19.9 Å². The average Bonchev–Trinajstić information content (AvgIpc) is 2.49. The summed E-state index contributed by atoms with van der Waals surface area (Å²) in [5.74, 6) is 0. The third-order valence-electron chi connectivity index (χ3n) is 2.41. The first-order chi connectivity index (χ1) is 6.68. The number of hydrogen-bond acceptors (Lipinski definition) is 3. The molecular weight excluding hydrogens is 174 g/mol. The van der Waals surface area contributed by atoms with Crippen LogP contribution in [0.4, 0.5) is 5.69 Å². The fourth-order valence-corrected chi connectivity index (χ4v) is 1.70. The minimum Gasteiger partial charge on any atom is -0.399 e. The molecule has 2 N–H and O–H groups in total. The van der Waals surface area contributed by atoms with Crippen molar-refractivity contribution in [1.82, 2.24) is 0 Å². The maximum atomic E-state index is 5.63. The summed E-state index contributed by atoms with van der Waals surface area (Å²) in [6.07, 6.45) is 0. The van der Waals surface area contributed by atoms with Crippen LogP contribution in [0.1, 0.15) is 19.4 Å². The smallest absolute Gasteiger partial charge is 0.0957 e. The van der Waals surface area contributed by atoms with Gasteiger partial charge in [0.2, 0.25) is 0 Å². The lowest BCUT2D eigenvalue weighted by atomic mass is 9.99. The highest BCUT2D eigenvalue weighted by atomic mass is 15.2. The van der Waals surface area contributed by atoms with Gasteiger partial charge >= 0.3 is 0 Å². The van der Waals surface area contributed by atoms with Crippen LogP contribution < -0.4 is 5.73 Å². The largest absolute Gasteiger partial charge is 0.399 e. The zero-order valence-corrected chi connectivity index (χ0v) is 8.36. The summed E-state index contributed by atoms with van der Waals surface area (Å²) >= 11 is 0. The molecule has 0 spiro atoms. The van der Waals surface area contributed by atoms with Gasteiger partial charge in [-0.25, -0.2) is 0 Å². The minimum atomic E-state index is 0.165. The van der Waals surface area contributed by atoms with Crippen LogP contribution in [0.25, 0.3) is 5.57 Å². The first kappa shape index (κ1) is 8.94. The monoisotopic (exact) mass is 187 g/mol. The number of nitrogens with two attached hydrogens (primary N) is 1. The van der Waals surface area contributed by atoms with Gasteiger partial charge in [-0.2, -0.15) is 10.2 Å². The van der Waals surface area contributed by atoms with Gasteiger partial charge in [0.1, 0.15) is 0 Å². The average molecular weight is 187 g/mol. The van der Waals surface area contributed by atoms with Crippen LogP contribution in [0.3, 0.4) is 0 Å². The highest BCUT2D eigenvalue weighted by molar-refractivity contribution is 5.73. The van der Waals surface area contributed by atoms with Crippen molar-refractivity contribution in [3.63, 3.8) is 0 Å². The summed E-state index contributed by atoms with van der Waals surface area (Å²) in [4.78, 5) is 0. The third kappa shape index (κ3) is 1.41. The fourth-order valence-electron chi connectivity index (χ4n) is 1.70. The SMILES string of the molecule is CC1=C(c2ccc(N)cc2)C(C)N=N1. The van der Waals surface area contributed by atoms with Crippen LogP contribution in [0, 0.1) is 0 Å². The van der Waals surface area contributed by atoms with Gasteiger partial charge in [0.05, 0.1) is 11.7 Å². The molecule has 0 bridgehead atoms. The predicted molar refractivity (Wildman–Crippen MR) is 57.8 cm³/mol. The number of azo groups is 1. The van der Waals surface area contributed by atoms with Crippen LogP contribution in [0.15, 0.2) is 40.2 Å². The van der Waals surface area contributed by atoms with E-state index >= 15 is 0 Å². The van der Waals surface area contributed by atoms with E-state index in [0.29, 0.717) is 0 Å². The normalized spacial score (nSPS) is 20.6. The van der Waals surface area contributed by atoms with E-state index in [4.69, 9.17) is 5.73 Å². The van der Waals surface area contributed by atoms with Crippen LogP contribution in [-0.2, 0) is 0 Å². The van der Waals surface area contributed by atoms with Gasteiger partial charge in [-0.15, -0.1) is 0 Å². The van der Waals surface area contributed by atoms with Crippen molar-refractivity contribution in [3.05, 3.63) is 35.5 Å². The second kappa shape index (κ2) is 3.25.